The zero-order valence-corrected chi connectivity index (χ0v) is 20.1. The Labute approximate surface area is 208 Å². The van der Waals surface area contributed by atoms with Crippen LogP contribution in [0.15, 0.2) is 57.4 Å². The molecule has 0 aliphatic heterocycles. The van der Waals surface area contributed by atoms with Crippen molar-refractivity contribution in [1.29, 1.82) is 0 Å². The van der Waals surface area contributed by atoms with Crippen molar-refractivity contribution >= 4 is 46.6 Å². The summed E-state index contributed by atoms with van der Waals surface area (Å²) < 4.78 is 11.3. The molecule has 4 rings (SSSR count). The number of hydrogen-bond acceptors (Lipinski definition) is 8. The molecule has 0 bridgehead atoms. The van der Waals surface area contributed by atoms with E-state index >= 15 is 0 Å². The van der Waals surface area contributed by atoms with Crippen molar-refractivity contribution in [3.63, 3.8) is 0 Å². The highest BCUT2D eigenvalue weighted by Gasteiger charge is 2.08. The van der Waals surface area contributed by atoms with Gasteiger partial charge >= 0.3 is 12.0 Å². The minimum absolute atomic E-state index is 0.393. The summed E-state index contributed by atoms with van der Waals surface area (Å²) in [6.07, 6.45) is 8.17. The van der Waals surface area contributed by atoms with Gasteiger partial charge in [-0.1, -0.05) is 59.1 Å². The van der Waals surface area contributed by atoms with Gasteiger partial charge in [0.05, 0.1) is 0 Å². The summed E-state index contributed by atoms with van der Waals surface area (Å²) in [4.78, 5) is 0. The maximum absolute atomic E-state index is 5.89. The van der Waals surface area contributed by atoms with Crippen LogP contribution in [0.1, 0.15) is 50.3 Å². The molecule has 0 fully saturated rings. The molecule has 0 spiro atoms. The van der Waals surface area contributed by atoms with E-state index in [1.54, 1.807) is 24.3 Å². The molecule has 0 radical (unpaired) electrons. The topological polar surface area (TPSA) is 102 Å². The fourth-order valence-electron chi connectivity index (χ4n) is 3.38. The summed E-state index contributed by atoms with van der Waals surface area (Å²) in [6, 6.07) is 15.5. The van der Waals surface area contributed by atoms with E-state index < -0.39 is 0 Å². The second kappa shape index (κ2) is 12.4. The van der Waals surface area contributed by atoms with Crippen LogP contribution in [-0.4, -0.2) is 20.4 Å². The number of benzene rings is 2. The Bertz CT molecular complexity index is 1050. The largest absolute Gasteiger partial charge is 0.408 e. The molecule has 0 aliphatic carbocycles. The monoisotopic (exact) mass is 500 g/mol. The molecule has 8 nitrogen and oxygen atoms in total. The predicted octanol–water partition coefficient (Wildman–Crippen LogP) is 7.37. The number of nitrogens with zero attached hydrogens (tertiary/aromatic N) is 4. The molecule has 2 heterocycles. The molecular formula is C24H26Cl2N6O2. The number of nitrogens with one attached hydrogen (secondary N) is 2. The van der Waals surface area contributed by atoms with Crippen molar-refractivity contribution < 1.29 is 8.83 Å². The third-order valence-electron chi connectivity index (χ3n) is 5.16. The van der Waals surface area contributed by atoms with E-state index in [4.69, 9.17) is 32.0 Å². The van der Waals surface area contributed by atoms with Gasteiger partial charge in [0.1, 0.15) is 0 Å². The lowest BCUT2D eigenvalue weighted by Crippen LogP contribution is -1.89. The Balaban J connectivity index is 1.05. The summed E-state index contributed by atoms with van der Waals surface area (Å²) in [7, 11) is 0. The Morgan fingerprint density at radius 3 is 1.32 bits per heavy atom. The summed E-state index contributed by atoms with van der Waals surface area (Å²) in [5.41, 5.74) is 1.71. The quantitative estimate of drug-likeness (QED) is 0.183. The number of rotatable bonds is 13. The number of aryl methyl sites for hydroxylation is 2. The van der Waals surface area contributed by atoms with E-state index in [0.29, 0.717) is 33.9 Å². The number of halogens is 2. The van der Waals surface area contributed by atoms with Crippen molar-refractivity contribution in [3.8, 4) is 0 Å². The van der Waals surface area contributed by atoms with Gasteiger partial charge in [0, 0.05) is 34.3 Å². The zero-order chi connectivity index (χ0) is 23.6. The zero-order valence-electron chi connectivity index (χ0n) is 18.6. The fourth-order valence-corrected chi connectivity index (χ4v) is 3.64. The van der Waals surface area contributed by atoms with E-state index in [9.17, 15) is 0 Å². The third-order valence-corrected chi connectivity index (χ3v) is 5.66. The van der Waals surface area contributed by atoms with Crippen molar-refractivity contribution in [2.75, 3.05) is 10.6 Å². The minimum Gasteiger partial charge on any atom is -0.408 e. The summed E-state index contributed by atoms with van der Waals surface area (Å²) in [5, 5.41) is 23.8. The SMILES string of the molecule is Clc1ccc(Nc2nnc(CCCCCCCCc3nnc(Nc4ccc(Cl)cc4)o3)o2)cc1. The van der Waals surface area contributed by atoms with Crippen LogP contribution in [-0.2, 0) is 12.8 Å². The number of aromatic nitrogens is 4. The Kier molecular flexibility index (Phi) is 8.76. The number of anilines is 4. The lowest BCUT2D eigenvalue weighted by Gasteiger charge is -2.01. The van der Waals surface area contributed by atoms with E-state index in [-0.39, 0.29) is 0 Å². The van der Waals surface area contributed by atoms with Crippen LogP contribution in [0.5, 0.6) is 0 Å². The summed E-state index contributed by atoms with van der Waals surface area (Å²) in [5.74, 6) is 1.30. The number of unbranched alkanes of at least 4 members (excludes halogenated alkanes) is 5. The molecule has 4 aromatic rings. The first-order chi connectivity index (χ1) is 16.6. The normalized spacial score (nSPS) is 11.0. The molecule has 0 unspecified atom stereocenters. The fraction of sp³-hybridized carbons (Fsp3) is 0.333. The molecule has 2 aromatic carbocycles. The maximum atomic E-state index is 5.89. The second-order valence-corrected chi connectivity index (χ2v) is 8.76. The molecule has 0 saturated carbocycles. The molecule has 34 heavy (non-hydrogen) atoms. The highest BCUT2D eigenvalue weighted by atomic mass is 35.5. The van der Waals surface area contributed by atoms with E-state index in [2.05, 4.69) is 31.0 Å². The first-order valence-electron chi connectivity index (χ1n) is 11.3. The van der Waals surface area contributed by atoms with Crippen LogP contribution >= 0.6 is 23.2 Å². The van der Waals surface area contributed by atoms with Gasteiger partial charge in [-0.15, -0.1) is 10.2 Å². The van der Waals surface area contributed by atoms with Gasteiger partial charge in [-0.2, -0.15) is 0 Å². The van der Waals surface area contributed by atoms with Gasteiger partial charge in [-0.3, -0.25) is 0 Å². The van der Waals surface area contributed by atoms with Gasteiger partial charge in [-0.25, -0.2) is 0 Å². The molecule has 178 valence electrons. The Hall–Kier alpha value is -3.10. The summed E-state index contributed by atoms with van der Waals surface area (Å²) in [6.45, 7) is 0. The van der Waals surface area contributed by atoms with E-state index in [1.807, 2.05) is 24.3 Å². The van der Waals surface area contributed by atoms with Gasteiger partial charge in [0.15, 0.2) is 0 Å². The molecule has 0 atom stereocenters. The average molecular weight is 501 g/mol. The molecule has 0 saturated heterocycles. The molecule has 0 aliphatic rings. The minimum atomic E-state index is 0.393. The van der Waals surface area contributed by atoms with Crippen LogP contribution in [0.25, 0.3) is 0 Å². The lowest BCUT2D eigenvalue weighted by atomic mass is 10.1. The highest BCUT2D eigenvalue weighted by Crippen LogP contribution is 2.20. The molecule has 0 amide bonds. The molecular weight excluding hydrogens is 475 g/mol. The maximum Gasteiger partial charge on any atom is 0.320 e. The Morgan fingerprint density at radius 1 is 0.529 bits per heavy atom. The van der Waals surface area contributed by atoms with Crippen molar-refractivity contribution in [1.82, 2.24) is 20.4 Å². The van der Waals surface area contributed by atoms with Crippen molar-refractivity contribution in [3.05, 3.63) is 70.4 Å². The molecule has 2 N–H and O–H groups in total. The van der Waals surface area contributed by atoms with Crippen molar-refractivity contribution in [2.24, 2.45) is 0 Å². The smallest absolute Gasteiger partial charge is 0.320 e. The van der Waals surface area contributed by atoms with Crippen LogP contribution in [0.4, 0.5) is 23.4 Å². The molecule has 10 heteroatoms. The Morgan fingerprint density at radius 2 is 0.912 bits per heavy atom. The highest BCUT2D eigenvalue weighted by molar-refractivity contribution is 6.30. The van der Waals surface area contributed by atoms with Gasteiger partial charge in [0.2, 0.25) is 11.8 Å². The molecule has 2 aromatic heterocycles. The van der Waals surface area contributed by atoms with Crippen LogP contribution in [0.3, 0.4) is 0 Å². The van der Waals surface area contributed by atoms with E-state index in [1.165, 1.54) is 0 Å². The first-order valence-corrected chi connectivity index (χ1v) is 12.1. The average Bonchev–Trinajstić information content (AvgIpc) is 3.48. The van der Waals surface area contributed by atoms with Crippen molar-refractivity contribution in [2.45, 2.75) is 51.4 Å². The third kappa shape index (κ3) is 7.74. The summed E-state index contributed by atoms with van der Waals surface area (Å²) >= 11 is 11.8. The van der Waals surface area contributed by atoms with Crippen LogP contribution in [0.2, 0.25) is 10.0 Å². The number of hydrogen-bond donors (Lipinski definition) is 2. The van der Waals surface area contributed by atoms with Gasteiger partial charge in [-0.05, 0) is 61.4 Å². The standard InChI is InChI=1S/C24H26Cl2N6O2/c25-17-9-13-19(14-10-17)27-23-31-29-21(33-23)7-5-3-1-2-4-6-8-22-30-32-24(34-22)28-20-15-11-18(26)12-16-20/h9-16H,1-8H2,(H,27,31)(H,28,32). The second-order valence-electron chi connectivity index (χ2n) is 7.89. The van der Waals surface area contributed by atoms with E-state index in [0.717, 1.165) is 62.7 Å². The van der Waals surface area contributed by atoms with Crippen LogP contribution in [0, 0.1) is 0 Å². The lowest BCUT2D eigenvalue weighted by molar-refractivity contribution is 0.479. The predicted molar refractivity (Wildman–Crippen MR) is 133 cm³/mol. The van der Waals surface area contributed by atoms with Crippen LogP contribution < -0.4 is 10.6 Å². The van der Waals surface area contributed by atoms with Gasteiger partial charge in [0.25, 0.3) is 0 Å². The van der Waals surface area contributed by atoms with Gasteiger partial charge < -0.3 is 19.5 Å². The first kappa shape index (κ1) is 24.0.